The second kappa shape index (κ2) is 15.6. The zero-order valence-corrected chi connectivity index (χ0v) is 20.6. The van der Waals surface area contributed by atoms with Crippen molar-refractivity contribution >= 4 is 0 Å². The molecule has 1 saturated heterocycles. The van der Waals surface area contributed by atoms with Crippen LogP contribution in [0.4, 0.5) is 0 Å². The highest BCUT2D eigenvalue weighted by atomic mass is 15.8. The molecule has 1 fully saturated rings. The molecule has 3 N–H and O–H groups in total. The Morgan fingerprint density at radius 1 is 1.33 bits per heavy atom. The summed E-state index contributed by atoms with van der Waals surface area (Å²) in [6.07, 6.45) is 14.6. The van der Waals surface area contributed by atoms with Crippen molar-refractivity contribution in [3.05, 3.63) is 42.0 Å². The van der Waals surface area contributed by atoms with Crippen molar-refractivity contribution in [2.24, 2.45) is 17.8 Å². The van der Waals surface area contributed by atoms with Gasteiger partial charge in [-0.25, -0.2) is 0 Å². The van der Waals surface area contributed by atoms with Gasteiger partial charge in [-0.3, -0.25) is 5.32 Å². The van der Waals surface area contributed by atoms with Crippen molar-refractivity contribution < 1.29 is 5.12 Å². The zero-order chi connectivity index (χ0) is 22.4. The molecular weight excluding hydrogens is 370 g/mol. The van der Waals surface area contributed by atoms with E-state index in [4.69, 9.17) is 5.43 Å². The van der Waals surface area contributed by atoms with Crippen LogP contribution >= 0.6 is 0 Å². The van der Waals surface area contributed by atoms with E-state index in [1.807, 2.05) is 13.2 Å². The quantitative estimate of drug-likeness (QED) is 0.372. The first-order valence-corrected chi connectivity index (χ1v) is 12.1. The number of allylic oxidation sites excluding steroid dienone is 3. The van der Waals surface area contributed by atoms with E-state index in [0.29, 0.717) is 23.9 Å². The van der Waals surface area contributed by atoms with Gasteiger partial charge in [0.25, 0.3) is 0 Å². The maximum absolute atomic E-state index is 5.21. The van der Waals surface area contributed by atoms with Crippen LogP contribution in [0.2, 0.25) is 0 Å². The smallest absolute Gasteiger partial charge is 0.149 e. The van der Waals surface area contributed by atoms with Gasteiger partial charge in [-0.2, -0.15) is 5.01 Å². The molecule has 0 aromatic rings. The van der Waals surface area contributed by atoms with Crippen molar-refractivity contribution in [1.82, 2.24) is 15.6 Å². The van der Waals surface area contributed by atoms with Crippen LogP contribution in [0.15, 0.2) is 36.6 Å². The van der Waals surface area contributed by atoms with Gasteiger partial charge in [0.2, 0.25) is 0 Å². The molecule has 5 heteroatoms. The SMILES string of the molecule is C=C(C/C=C\NC)CCCN1C[C@H](C)CNC(CC)[NH+]1[N-]C[C@@H](/C=C\C(C)C)CC. The molecule has 174 valence electrons. The van der Waals surface area contributed by atoms with E-state index in [9.17, 15) is 0 Å². The third kappa shape index (κ3) is 10.8. The van der Waals surface area contributed by atoms with E-state index >= 15 is 0 Å². The van der Waals surface area contributed by atoms with Gasteiger partial charge in [0.1, 0.15) is 6.17 Å². The Bertz CT molecular complexity index is 514. The Kier molecular flexibility index (Phi) is 14.0. The fraction of sp³-hybridized carbons (Fsp3) is 0.760. The van der Waals surface area contributed by atoms with Crippen LogP contribution in [0.3, 0.4) is 0 Å². The maximum Gasteiger partial charge on any atom is 0.149 e. The zero-order valence-electron chi connectivity index (χ0n) is 20.6. The minimum Gasteiger partial charge on any atom is -0.431 e. The molecule has 0 spiro atoms. The Morgan fingerprint density at radius 2 is 2.10 bits per heavy atom. The number of hydrogen-bond donors (Lipinski definition) is 3. The summed E-state index contributed by atoms with van der Waals surface area (Å²) in [6, 6.07) is 0. The fourth-order valence-electron chi connectivity index (χ4n) is 3.81. The van der Waals surface area contributed by atoms with E-state index in [-0.39, 0.29) is 0 Å². The van der Waals surface area contributed by atoms with Crippen LogP contribution in [0.1, 0.15) is 66.7 Å². The van der Waals surface area contributed by atoms with Crippen LogP contribution in [0.5, 0.6) is 0 Å². The summed E-state index contributed by atoms with van der Waals surface area (Å²) >= 11 is 0. The summed E-state index contributed by atoms with van der Waals surface area (Å²) in [5.74, 6) is 1.76. The topological polar surface area (TPSA) is 45.8 Å². The summed E-state index contributed by atoms with van der Waals surface area (Å²) in [5.41, 5.74) is 6.51. The number of nitrogens with zero attached hydrogens (tertiary/aromatic N) is 2. The standard InChI is InChI=1S/C25H49N5/c1-8-24(15-14-21(3)4)19-28-30-25(9-2)27-18-23(6)20-29(30)17-11-13-22(5)12-10-16-26-7/h10,14-16,21,23-27,30H,5,8-9,11-13,17-20H2,1-4,6-7H3/b15-14-,16-10-/t23-,24-,25?/m1/s1. The Hall–Kier alpha value is -1.14. The predicted octanol–water partition coefficient (Wildman–Crippen LogP) is 4.05. The highest BCUT2D eigenvalue weighted by Gasteiger charge is 2.27. The van der Waals surface area contributed by atoms with Gasteiger partial charge in [0, 0.05) is 26.6 Å². The number of rotatable bonds is 14. The third-order valence-corrected chi connectivity index (χ3v) is 5.72. The lowest BCUT2D eigenvalue weighted by Gasteiger charge is -2.44. The molecule has 0 aromatic carbocycles. The first-order chi connectivity index (χ1) is 14.4. The van der Waals surface area contributed by atoms with Crippen LogP contribution in [0.25, 0.3) is 5.43 Å². The first-order valence-electron chi connectivity index (χ1n) is 12.1. The lowest BCUT2D eigenvalue weighted by atomic mass is 10.0. The minimum atomic E-state index is 0.364. The summed E-state index contributed by atoms with van der Waals surface area (Å²) in [6.45, 7) is 19.7. The normalized spacial score (nSPS) is 24.6. The highest BCUT2D eigenvalue weighted by molar-refractivity contribution is 5.01. The molecular formula is C25H49N5. The van der Waals surface area contributed by atoms with E-state index in [0.717, 1.165) is 58.3 Å². The molecule has 0 bridgehead atoms. The van der Waals surface area contributed by atoms with Gasteiger partial charge in [0.15, 0.2) is 0 Å². The molecule has 0 aromatic heterocycles. The van der Waals surface area contributed by atoms with Crippen LogP contribution < -0.4 is 15.8 Å². The molecule has 0 amide bonds. The van der Waals surface area contributed by atoms with Crippen molar-refractivity contribution in [1.29, 1.82) is 0 Å². The monoisotopic (exact) mass is 419 g/mol. The average Bonchev–Trinajstić information content (AvgIpc) is 2.86. The lowest BCUT2D eigenvalue weighted by Crippen LogP contribution is -3.19. The Balaban J connectivity index is 2.72. The molecule has 0 radical (unpaired) electrons. The fourth-order valence-corrected chi connectivity index (χ4v) is 3.81. The Morgan fingerprint density at radius 3 is 2.73 bits per heavy atom. The van der Waals surface area contributed by atoms with E-state index in [2.05, 4.69) is 75.1 Å². The molecule has 0 aliphatic carbocycles. The van der Waals surface area contributed by atoms with Gasteiger partial charge < -0.3 is 15.9 Å². The molecule has 0 saturated carbocycles. The summed E-state index contributed by atoms with van der Waals surface area (Å²) in [5, 5.41) is 10.6. The van der Waals surface area contributed by atoms with Crippen LogP contribution in [-0.2, 0) is 0 Å². The van der Waals surface area contributed by atoms with E-state index in [1.54, 1.807) is 0 Å². The molecule has 30 heavy (non-hydrogen) atoms. The lowest BCUT2D eigenvalue weighted by molar-refractivity contribution is -1.01. The molecule has 1 heterocycles. The summed E-state index contributed by atoms with van der Waals surface area (Å²) < 4.78 is 0. The van der Waals surface area contributed by atoms with Crippen LogP contribution in [0, 0.1) is 17.8 Å². The Labute approximate surface area is 187 Å². The largest absolute Gasteiger partial charge is 0.431 e. The molecule has 5 nitrogen and oxygen atoms in total. The van der Waals surface area contributed by atoms with Crippen LogP contribution in [-0.4, -0.2) is 44.4 Å². The predicted molar refractivity (Wildman–Crippen MR) is 131 cm³/mol. The molecule has 1 rings (SSSR count). The minimum absolute atomic E-state index is 0.364. The molecule has 1 aliphatic heterocycles. The summed E-state index contributed by atoms with van der Waals surface area (Å²) in [7, 11) is 1.93. The van der Waals surface area contributed by atoms with Crippen molar-refractivity contribution in [2.75, 3.05) is 33.2 Å². The van der Waals surface area contributed by atoms with Crippen molar-refractivity contribution in [3.8, 4) is 0 Å². The maximum atomic E-state index is 5.21. The third-order valence-electron chi connectivity index (χ3n) is 5.72. The summed E-state index contributed by atoms with van der Waals surface area (Å²) in [4.78, 5) is 0. The molecule has 4 atom stereocenters. The second-order valence-corrected chi connectivity index (χ2v) is 9.17. The highest BCUT2D eigenvalue weighted by Crippen LogP contribution is 2.12. The number of nitrogens with one attached hydrogen (secondary N) is 3. The van der Waals surface area contributed by atoms with Gasteiger partial charge in [-0.05, 0) is 43.2 Å². The average molecular weight is 420 g/mol. The second-order valence-electron chi connectivity index (χ2n) is 9.17. The van der Waals surface area contributed by atoms with Crippen molar-refractivity contribution in [3.63, 3.8) is 0 Å². The van der Waals surface area contributed by atoms with Gasteiger partial charge in [-0.15, -0.1) is 0 Å². The first kappa shape index (κ1) is 26.9. The molecule has 1 aliphatic rings. The van der Waals surface area contributed by atoms with Gasteiger partial charge in [0.05, 0.1) is 6.54 Å². The van der Waals surface area contributed by atoms with Crippen molar-refractivity contribution in [2.45, 2.75) is 72.9 Å². The van der Waals surface area contributed by atoms with Gasteiger partial charge in [-0.1, -0.05) is 78.0 Å². The number of hydrogen-bond acceptors (Lipinski definition) is 3. The van der Waals surface area contributed by atoms with E-state index in [1.165, 1.54) is 10.7 Å². The van der Waals surface area contributed by atoms with Gasteiger partial charge >= 0.3 is 0 Å². The number of quaternary nitrogens is 1. The molecule has 2 unspecified atom stereocenters. The van der Waals surface area contributed by atoms with E-state index < -0.39 is 0 Å².